The van der Waals surface area contributed by atoms with Gasteiger partial charge in [-0.3, -0.25) is 4.79 Å². The number of hydrogen-bond donors (Lipinski definition) is 2. The number of nitrogens with zero attached hydrogens (tertiary/aromatic N) is 2. The SMILES string of the molecule is Cl.Cl.NCCCC(=O)NCc1cccc(Cn2cnc3ccccc32)c1. The van der Waals surface area contributed by atoms with Crippen LogP contribution >= 0.6 is 24.8 Å². The van der Waals surface area contributed by atoms with E-state index in [1.807, 2.05) is 36.7 Å². The van der Waals surface area contributed by atoms with E-state index in [1.54, 1.807) is 0 Å². The van der Waals surface area contributed by atoms with Crippen LogP contribution in [-0.2, 0) is 17.9 Å². The predicted octanol–water partition coefficient (Wildman–Crippen LogP) is 3.28. The van der Waals surface area contributed by atoms with Crippen LogP contribution in [0.1, 0.15) is 24.0 Å². The van der Waals surface area contributed by atoms with Gasteiger partial charge in [0.05, 0.1) is 17.4 Å². The van der Waals surface area contributed by atoms with Gasteiger partial charge < -0.3 is 15.6 Å². The zero-order chi connectivity index (χ0) is 16.8. The molecule has 2 aromatic carbocycles. The van der Waals surface area contributed by atoms with Crippen molar-refractivity contribution in [1.29, 1.82) is 0 Å². The lowest BCUT2D eigenvalue weighted by Gasteiger charge is -2.08. The van der Waals surface area contributed by atoms with Gasteiger partial charge in [0.1, 0.15) is 0 Å². The monoisotopic (exact) mass is 394 g/mol. The van der Waals surface area contributed by atoms with Crippen molar-refractivity contribution in [2.45, 2.75) is 25.9 Å². The number of nitrogens with one attached hydrogen (secondary N) is 1. The lowest BCUT2D eigenvalue weighted by atomic mass is 10.1. The molecule has 0 spiro atoms. The van der Waals surface area contributed by atoms with E-state index in [0.717, 1.165) is 29.6 Å². The second-order valence-corrected chi connectivity index (χ2v) is 5.85. The molecule has 0 saturated heterocycles. The van der Waals surface area contributed by atoms with Gasteiger partial charge in [-0.05, 0) is 36.2 Å². The second-order valence-electron chi connectivity index (χ2n) is 5.85. The summed E-state index contributed by atoms with van der Waals surface area (Å²) in [6, 6.07) is 16.4. The average Bonchev–Trinajstić information content (AvgIpc) is 3.02. The van der Waals surface area contributed by atoms with Crippen LogP contribution < -0.4 is 11.1 Å². The van der Waals surface area contributed by atoms with Crippen LogP contribution in [-0.4, -0.2) is 22.0 Å². The van der Waals surface area contributed by atoms with Crippen LogP contribution in [0.15, 0.2) is 54.9 Å². The van der Waals surface area contributed by atoms with Gasteiger partial charge in [-0.2, -0.15) is 0 Å². The number of hydrogen-bond acceptors (Lipinski definition) is 3. The molecule has 140 valence electrons. The number of rotatable bonds is 7. The van der Waals surface area contributed by atoms with E-state index >= 15 is 0 Å². The average molecular weight is 395 g/mol. The first-order chi connectivity index (χ1) is 11.8. The zero-order valence-corrected chi connectivity index (χ0v) is 16.1. The van der Waals surface area contributed by atoms with Crippen LogP contribution in [0.2, 0.25) is 0 Å². The number of aromatic nitrogens is 2. The van der Waals surface area contributed by atoms with Crippen LogP contribution in [0.5, 0.6) is 0 Å². The van der Waals surface area contributed by atoms with E-state index in [9.17, 15) is 4.79 Å². The fourth-order valence-electron chi connectivity index (χ4n) is 2.72. The predicted molar refractivity (Wildman–Crippen MR) is 110 cm³/mol. The second kappa shape index (κ2) is 10.8. The van der Waals surface area contributed by atoms with Gasteiger partial charge in [-0.15, -0.1) is 24.8 Å². The largest absolute Gasteiger partial charge is 0.352 e. The maximum Gasteiger partial charge on any atom is 0.220 e. The number of carbonyl (C=O) groups is 1. The summed E-state index contributed by atoms with van der Waals surface area (Å²) in [5.41, 5.74) is 9.83. The smallest absolute Gasteiger partial charge is 0.220 e. The number of carbonyl (C=O) groups excluding carboxylic acids is 1. The Kier molecular flexibility index (Phi) is 9.13. The molecule has 0 unspecified atom stereocenters. The molecular formula is C19H24Cl2N4O. The van der Waals surface area contributed by atoms with Crippen LogP contribution in [0.3, 0.4) is 0 Å². The summed E-state index contributed by atoms with van der Waals surface area (Å²) in [4.78, 5) is 16.1. The van der Waals surface area contributed by atoms with Crippen LogP contribution in [0.25, 0.3) is 11.0 Å². The quantitative estimate of drug-likeness (QED) is 0.645. The van der Waals surface area contributed by atoms with Gasteiger partial charge in [0.15, 0.2) is 0 Å². The van der Waals surface area contributed by atoms with Gasteiger partial charge in [0.2, 0.25) is 5.91 Å². The van der Waals surface area contributed by atoms with Gasteiger partial charge in [0.25, 0.3) is 0 Å². The Balaban J connectivity index is 0.00000169. The molecule has 0 bridgehead atoms. The highest BCUT2D eigenvalue weighted by Gasteiger charge is 2.04. The molecule has 0 aliphatic heterocycles. The number of fused-ring (bicyclic) bond motifs is 1. The summed E-state index contributed by atoms with van der Waals surface area (Å²) in [6.45, 7) is 1.85. The molecule has 1 amide bonds. The summed E-state index contributed by atoms with van der Waals surface area (Å²) >= 11 is 0. The lowest BCUT2D eigenvalue weighted by molar-refractivity contribution is -0.121. The molecule has 1 heterocycles. The Hall–Kier alpha value is -2.08. The molecule has 0 saturated carbocycles. The third kappa shape index (κ3) is 5.73. The van der Waals surface area contributed by atoms with Crippen LogP contribution in [0.4, 0.5) is 0 Å². The molecule has 3 aromatic rings. The Bertz CT molecular complexity index is 835. The highest BCUT2D eigenvalue weighted by molar-refractivity contribution is 5.85. The molecule has 0 fully saturated rings. The van der Waals surface area contributed by atoms with Crippen molar-refractivity contribution in [2.24, 2.45) is 5.73 Å². The maximum atomic E-state index is 11.7. The molecule has 26 heavy (non-hydrogen) atoms. The van der Waals surface area contributed by atoms with Gasteiger partial charge in [-0.1, -0.05) is 36.4 Å². The summed E-state index contributed by atoms with van der Waals surface area (Å²) in [6.07, 6.45) is 3.07. The minimum Gasteiger partial charge on any atom is -0.352 e. The van der Waals surface area contributed by atoms with Crippen LogP contribution in [0, 0.1) is 0 Å². The Labute approximate surface area is 165 Å². The van der Waals surface area contributed by atoms with Crippen molar-refractivity contribution in [1.82, 2.24) is 14.9 Å². The molecule has 7 heteroatoms. The number of nitrogens with two attached hydrogens (primary N) is 1. The zero-order valence-electron chi connectivity index (χ0n) is 14.4. The number of para-hydroxylation sites is 2. The van der Waals surface area contributed by atoms with E-state index < -0.39 is 0 Å². The van der Waals surface area contributed by atoms with Crippen molar-refractivity contribution in [3.05, 3.63) is 66.0 Å². The van der Waals surface area contributed by atoms with Crippen molar-refractivity contribution >= 4 is 41.8 Å². The fourth-order valence-corrected chi connectivity index (χ4v) is 2.72. The fraction of sp³-hybridized carbons (Fsp3) is 0.263. The van der Waals surface area contributed by atoms with Crippen molar-refractivity contribution in [3.8, 4) is 0 Å². The molecular weight excluding hydrogens is 371 g/mol. The van der Waals surface area contributed by atoms with Crippen molar-refractivity contribution in [3.63, 3.8) is 0 Å². The topological polar surface area (TPSA) is 72.9 Å². The molecule has 0 aliphatic carbocycles. The van der Waals surface area contributed by atoms with Gasteiger partial charge in [0, 0.05) is 19.5 Å². The van der Waals surface area contributed by atoms with E-state index in [1.165, 1.54) is 5.56 Å². The molecule has 5 nitrogen and oxygen atoms in total. The third-order valence-corrected chi connectivity index (χ3v) is 3.97. The maximum absolute atomic E-state index is 11.7. The Morgan fingerprint density at radius 3 is 2.65 bits per heavy atom. The summed E-state index contributed by atoms with van der Waals surface area (Å²) in [5.74, 6) is 0.0476. The summed E-state index contributed by atoms with van der Waals surface area (Å²) in [5, 5.41) is 2.94. The Morgan fingerprint density at radius 2 is 1.85 bits per heavy atom. The molecule has 3 rings (SSSR count). The molecule has 0 radical (unpaired) electrons. The van der Waals surface area contributed by atoms with Gasteiger partial charge in [-0.25, -0.2) is 4.98 Å². The van der Waals surface area contributed by atoms with E-state index in [-0.39, 0.29) is 30.7 Å². The number of benzene rings is 2. The highest BCUT2D eigenvalue weighted by Crippen LogP contribution is 2.15. The van der Waals surface area contributed by atoms with E-state index in [0.29, 0.717) is 19.5 Å². The summed E-state index contributed by atoms with van der Waals surface area (Å²) in [7, 11) is 0. The number of amides is 1. The standard InChI is InChI=1S/C19H22N4O.2ClH/c20-10-4-9-19(24)21-12-15-5-3-6-16(11-15)13-23-14-22-17-7-1-2-8-18(17)23;;/h1-3,5-8,11,14H,4,9-10,12-13,20H2,(H,21,24);2*1H. The number of imidazole rings is 1. The van der Waals surface area contributed by atoms with E-state index in [4.69, 9.17) is 5.73 Å². The molecule has 1 aromatic heterocycles. The molecule has 0 atom stereocenters. The molecule has 3 N–H and O–H groups in total. The first kappa shape index (κ1) is 22.0. The highest BCUT2D eigenvalue weighted by atomic mass is 35.5. The lowest BCUT2D eigenvalue weighted by Crippen LogP contribution is -2.23. The molecule has 0 aliphatic rings. The normalized spacial score (nSPS) is 10.0. The van der Waals surface area contributed by atoms with E-state index in [2.05, 4.69) is 33.1 Å². The Morgan fingerprint density at radius 1 is 1.08 bits per heavy atom. The van der Waals surface area contributed by atoms with Gasteiger partial charge >= 0.3 is 0 Å². The third-order valence-electron chi connectivity index (χ3n) is 3.97. The first-order valence-electron chi connectivity index (χ1n) is 8.21. The number of halogens is 2. The first-order valence-corrected chi connectivity index (χ1v) is 8.21. The minimum absolute atomic E-state index is 0. The summed E-state index contributed by atoms with van der Waals surface area (Å²) < 4.78 is 2.13. The van der Waals surface area contributed by atoms with Crippen molar-refractivity contribution in [2.75, 3.05) is 6.54 Å². The van der Waals surface area contributed by atoms with Crippen molar-refractivity contribution < 1.29 is 4.79 Å². The minimum atomic E-state index is 0.